The third kappa shape index (κ3) is 2.95. The van der Waals surface area contributed by atoms with E-state index in [2.05, 4.69) is 4.98 Å². The fourth-order valence-corrected chi connectivity index (χ4v) is 3.04. The standard InChI is InChI=1S/C16H12N2O2S.ClH/c17-12-9-5-4-8-11(12)15-18-13(14(21-15)16(19)20)10-6-2-1-3-7-10;/h1-9H,17H2,(H,19,20);1H. The van der Waals surface area contributed by atoms with E-state index < -0.39 is 5.97 Å². The van der Waals surface area contributed by atoms with Crippen molar-refractivity contribution in [2.24, 2.45) is 0 Å². The predicted octanol–water partition coefficient (Wildman–Crippen LogP) is 4.18. The zero-order valence-electron chi connectivity index (χ0n) is 11.4. The molecule has 0 saturated heterocycles. The maximum absolute atomic E-state index is 11.5. The van der Waals surface area contributed by atoms with Crippen LogP contribution in [0.15, 0.2) is 54.6 Å². The molecule has 0 spiro atoms. The predicted molar refractivity (Wildman–Crippen MR) is 91.6 cm³/mol. The SMILES string of the molecule is Cl.Nc1ccccc1-c1nc(-c2ccccc2)c(C(=O)O)s1. The summed E-state index contributed by atoms with van der Waals surface area (Å²) in [6.07, 6.45) is 0. The van der Waals surface area contributed by atoms with Gasteiger partial charge in [0.05, 0.1) is 5.69 Å². The van der Waals surface area contributed by atoms with Crippen LogP contribution in [0.2, 0.25) is 0 Å². The summed E-state index contributed by atoms with van der Waals surface area (Å²) in [5, 5.41) is 10.0. The molecule has 0 radical (unpaired) electrons. The lowest BCUT2D eigenvalue weighted by atomic mass is 10.1. The molecule has 0 fully saturated rings. The number of benzene rings is 2. The Balaban J connectivity index is 0.00000176. The van der Waals surface area contributed by atoms with Crippen molar-refractivity contribution in [1.29, 1.82) is 0 Å². The van der Waals surface area contributed by atoms with Gasteiger partial charge in [0.15, 0.2) is 0 Å². The quantitative estimate of drug-likeness (QED) is 0.705. The van der Waals surface area contributed by atoms with Crippen molar-refractivity contribution < 1.29 is 9.90 Å². The number of carboxylic acid groups (broad SMARTS) is 1. The minimum Gasteiger partial charge on any atom is -0.477 e. The average Bonchev–Trinajstić information content (AvgIpc) is 2.94. The molecule has 112 valence electrons. The third-order valence-corrected chi connectivity index (χ3v) is 4.14. The molecule has 3 rings (SSSR count). The molecular weight excluding hydrogens is 320 g/mol. The number of nitrogen functional groups attached to an aromatic ring is 1. The van der Waals surface area contributed by atoms with Gasteiger partial charge in [0.1, 0.15) is 9.88 Å². The number of hydrogen-bond donors (Lipinski definition) is 2. The van der Waals surface area contributed by atoms with Crippen LogP contribution in [0.25, 0.3) is 21.8 Å². The van der Waals surface area contributed by atoms with E-state index in [1.807, 2.05) is 48.5 Å². The molecule has 1 aromatic heterocycles. The molecule has 22 heavy (non-hydrogen) atoms. The number of carboxylic acids is 1. The number of halogens is 1. The largest absolute Gasteiger partial charge is 0.477 e. The van der Waals surface area contributed by atoms with Crippen molar-refractivity contribution in [2.45, 2.75) is 0 Å². The van der Waals surface area contributed by atoms with Crippen LogP contribution >= 0.6 is 23.7 Å². The van der Waals surface area contributed by atoms with E-state index >= 15 is 0 Å². The van der Waals surface area contributed by atoms with Crippen LogP contribution < -0.4 is 5.73 Å². The van der Waals surface area contributed by atoms with Gasteiger partial charge in [0, 0.05) is 16.8 Å². The number of anilines is 1. The first kappa shape index (κ1) is 16.0. The number of hydrogen-bond acceptors (Lipinski definition) is 4. The van der Waals surface area contributed by atoms with Gasteiger partial charge in [0.2, 0.25) is 0 Å². The number of aromatic nitrogens is 1. The fraction of sp³-hybridized carbons (Fsp3) is 0. The number of rotatable bonds is 3. The molecule has 4 nitrogen and oxygen atoms in total. The van der Waals surface area contributed by atoms with E-state index in [1.54, 1.807) is 6.07 Å². The molecule has 3 N–H and O–H groups in total. The molecule has 0 saturated carbocycles. The van der Waals surface area contributed by atoms with E-state index in [0.29, 0.717) is 16.4 Å². The lowest BCUT2D eigenvalue weighted by Crippen LogP contribution is -1.95. The third-order valence-electron chi connectivity index (χ3n) is 3.06. The van der Waals surface area contributed by atoms with Gasteiger partial charge in [-0.05, 0) is 12.1 Å². The summed E-state index contributed by atoms with van der Waals surface area (Å²) < 4.78 is 0. The zero-order valence-corrected chi connectivity index (χ0v) is 13.0. The molecule has 0 amide bonds. The summed E-state index contributed by atoms with van der Waals surface area (Å²) in [5.74, 6) is -0.980. The highest BCUT2D eigenvalue weighted by Gasteiger charge is 2.20. The number of nitrogens with two attached hydrogens (primary N) is 1. The monoisotopic (exact) mass is 332 g/mol. The molecular formula is C16H13ClN2O2S. The normalized spacial score (nSPS) is 10.0. The van der Waals surface area contributed by atoms with E-state index in [-0.39, 0.29) is 17.3 Å². The van der Waals surface area contributed by atoms with Gasteiger partial charge in [-0.15, -0.1) is 23.7 Å². The van der Waals surface area contributed by atoms with Crippen molar-refractivity contribution in [3.8, 4) is 21.8 Å². The van der Waals surface area contributed by atoms with Gasteiger partial charge >= 0.3 is 5.97 Å². The van der Waals surface area contributed by atoms with Crippen molar-refractivity contribution >= 4 is 35.4 Å². The lowest BCUT2D eigenvalue weighted by molar-refractivity contribution is 0.0702. The molecule has 0 atom stereocenters. The molecule has 6 heteroatoms. The molecule has 1 heterocycles. The van der Waals surface area contributed by atoms with Gasteiger partial charge in [-0.25, -0.2) is 9.78 Å². The van der Waals surface area contributed by atoms with E-state index in [4.69, 9.17) is 5.73 Å². The van der Waals surface area contributed by atoms with Crippen molar-refractivity contribution in [2.75, 3.05) is 5.73 Å². The molecule has 0 unspecified atom stereocenters. The Kier molecular flexibility index (Phi) is 4.80. The molecule has 2 aromatic carbocycles. The number of thiazole rings is 1. The van der Waals surface area contributed by atoms with Gasteiger partial charge in [-0.2, -0.15) is 0 Å². The maximum atomic E-state index is 11.5. The van der Waals surface area contributed by atoms with E-state index in [1.165, 1.54) is 0 Å². The van der Waals surface area contributed by atoms with Gasteiger partial charge in [-0.1, -0.05) is 42.5 Å². The smallest absolute Gasteiger partial charge is 0.348 e. The van der Waals surface area contributed by atoms with Crippen LogP contribution in [0.1, 0.15) is 9.67 Å². The van der Waals surface area contributed by atoms with Crippen LogP contribution in [0.3, 0.4) is 0 Å². The van der Waals surface area contributed by atoms with Crippen molar-refractivity contribution in [3.63, 3.8) is 0 Å². The highest BCUT2D eigenvalue weighted by Crippen LogP contribution is 2.35. The Hall–Kier alpha value is -2.37. The Bertz CT molecular complexity index is 803. The Morgan fingerprint density at radius 3 is 2.32 bits per heavy atom. The summed E-state index contributed by atoms with van der Waals surface area (Å²) in [4.78, 5) is 16.2. The molecule has 0 bridgehead atoms. The van der Waals surface area contributed by atoms with Gasteiger partial charge < -0.3 is 10.8 Å². The van der Waals surface area contributed by atoms with E-state index in [9.17, 15) is 9.90 Å². The number of aromatic carboxylic acids is 1. The van der Waals surface area contributed by atoms with Gasteiger partial charge in [-0.3, -0.25) is 0 Å². The lowest BCUT2D eigenvalue weighted by Gasteiger charge is -2.00. The first-order valence-corrected chi connectivity index (χ1v) is 7.13. The van der Waals surface area contributed by atoms with Crippen molar-refractivity contribution in [3.05, 3.63) is 59.5 Å². The fourth-order valence-electron chi connectivity index (χ4n) is 2.06. The Labute approximate surface area is 137 Å². The van der Waals surface area contributed by atoms with Crippen LogP contribution in [0.4, 0.5) is 5.69 Å². The second-order valence-electron chi connectivity index (χ2n) is 4.46. The maximum Gasteiger partial charge on any atom is 0.348 e. The number of nitrogens with zero attached hydrogens (tertiary/aromatic N) is 1. The first-order chi connectivity index (χ1) is 10.2. The average molecular weight is 333 g/mol. The van der Waals surface area contributed by atoms with Gasteiger partial charge in [0.25, 0.3) is 0 Å². The highest BCUT2D eigenvalue weighted by molar-refractivity contribution is 7.17. The molecule has 0 aliphatic rings. The molecule has 0 aliphatic heterocycles. The number of carbonyl (C=O) groups is 1. The summed E-state index contributed by atoms with van der Waals surface area (Å²) in [6.45, 7) is 0. The molecule has 0 aliphatic carbocycles. The second kappa shape index (κ2) is 6.60. The van der Waals surface area contributed by atoms with Crippen LogP contribution in [0, 0.1) is 0 Å². The van der Waals surface area contributed by atoms with Crippen LogP contribution in [-0.2, 0) is 0 Å². The van der Waals surface area contributed by atoms with Crippen LogP contribution in [0.5, 0.6) is 0 Å². The minimum absolute atomic E-state index is 0. The highest BCUT2D eigenvalue weighted by atomic mass is 35.5. The molecule has 3 aromatic rings. The summed E-state index contributed by atoms with van der Waals surface area (Å²) in [6, 6.07) is 16.6. The van der Waals surface area contributed by atoms with Crippen LogP contribution in [-0.4, -0.2) is 16.1 Å². The minimum atomic E-state index is -0.980. The first-order valence-electron chi connectivity index (χ1n) is 6.31. The summed E-state index contributed by atoms with van der Waals surface area (Å²) in [5.41, 5.74) is 8.55. The number of para-hydroxylation sites is 1. The topological polar surface area (TPSA) is 76.2 Å². The summed E-state index contributed by atoms with van der Waals surface area (Å²) >= 11 is 1.14. The Morgan fingerprint density at radius 2 is 1.68 bits per heavy atom. The second-order valence-corrected chi connectivity index (χ2v) is 5.45. The van der Waals surface area contributed by atoms with E-state index in [0.717, 1.165) is 22.5 Å². The Morgan fingerprint density at radius 1 is 1.05 bits per heavy atom. The van der Waals surface area contributed by atoms with Crippen molar-refractivity contribution in [1.82, 2.24) is 4.98 Å². The summed E-state index contributed by atoms with van der Waals surface area (Å²) in [7, 11) is 0. The zero-order chi connectivity index (χ0) is 14.8.